The molecular formula is C11H21NO6. The van der Waals surface area contributed by atoms with Gasteiger partial charge in [-0.15, -0.1) is 0 Å². The first-order chi connectivity index (χ1) is 8.36. The monoisotopic (exact) mass is 263 g/mol. The van der Waals surface area contributed by atoms with Crippen LogP contribution in [0.15, 0.2) is 0 Å². The van der Waals surface area contributed by atoms with Crippen LogP contribution >= 0.6 is 0 Å². The van der Waals surface area contributed by atoms with Gasteiger partial charge in [0.25, 0.3) is 0 Å². The summed E-state index contributed by atoms with van der Waals surface area (Å²) in [4.78, 5) is 11.1. The summed E-state index contributed by atoms with van der Waals surface area (Å²) in [5.41, 5.74) is 0. The normalized spacial score (nSPS) is 36.7. The Bertz CT molecular complexity index is 285. The molecule has 0 aromatic heterocycles. The molecule has 7 heteroatoms. The van der Waals surface area contributed by atoms with Gasteiger partial charge in [0.2, 0.25) is 5.91 Å². The minimum absolute atomic E-state index is 0.187. The summed E-state index contributed by atoms with van der Waals surface area (Å²) in [5, 5.41) is 31.2. The lowest BCUT2D eigenvalue weighted by atomic mass is 9.97. The topological polar surface area (TPSA) is 108 Å². The Morgan fingerprint density at radius 2 is 2.00 bits per heavy atom. The van der Waals surface area contributed by atoms with Crippen molar-refractivity contribution in [3.8, 4) is 0 Å². The van der Waals surface area contributed by atoms with Gasteiger partial charge in [-0.25, -0.2) is 0 Å². The van der Waals surface area contributed by atoms with Crippen LogP contribution in [0.1, 0.15) is 20.8 Å². The molecule has 1 fully saturated rings. The average Bonchev–Trinajstić information content (AvgIpc) is 2.27. The quantitative estimate of drug-likeness (QED) is 0.484. The van der Waals surface area contributed by atoms with E-state index in [4.69, 9.17) is 14.6 Å². The molecular weight excluding hydrogens is 242 g/mol. The number of rotatable bonds is 4. The summed E-state index contributed by atoms with van der Waals surface area (Å²) in [6.07, 6.45) is -4.58. The number of aliphatic hydroxyl groups is 3. The average molecular weight is 263 g/mol. The zero-order chi connectivity index (χ0) is 13.9. The lowest BCUT2D eigenvalue weighted by Crippen LogP contribution is -2.64. The summed E-state index contributed by atoms with van der Waals surface area (Å²) in [5.74, 6) is -0.366. The highest BCUT2D eigenvalue weighted by atomic mass is 16.7. The SMILES string of the molecule is CC(=O)NC1C(O)[C@H](O)C(CO)O[C@H]1OC(C)C. The van der Waals surface area contributed by atoms with Crippen LogP contribution in [0.2, 0.25) is 0 Å². The predicted molar refractivity (Wildman–Crippen MR) is 61.6 cm³/mol. The van der Waals surface area contributed by atoms with Gasteiger partial charge in [0.15, 0.2) is 6.29 Å². The van der Waals surface area contributed by atoms with Gasteiger partial charge in [-0.2, -0.15) is 0 Å². The molecule has 1 heterocycles. The molecule has 18 heavy (non-hydrogen) atoms. The third-order valence-corrected chi connectivity index (χ3v) is 2.66. The first-order valence-corrected chi connectivity index (χ1v) is 5.91. The second-order valence-corrected chi connectivity index (χ2v) is 4.62. The summed E-state index contributed by atoms with van der Waals surface area (Å²) in [6.45, 7) is 4.41. The molecule has 1 aliphatic rings. The van der Waals surface area contributed by atoms with Crippen molar-refractivity contribution in [3.63, 3.8) is 0 Å². The van der Waals surface area contributed by atoms with Gasteiger partial charge in [0.1, 0.15) is 24.4 Å². The number of hydrogen-bond acceptors (Lipinski definition) is 6. The fourth-order valence-corrected chi connectivity index (χ4v) is 1.85. The lowest BCUT2D eigenvalue weighted by molar-refractivity contribution is -0.278. The van der Waals surface area contributed by atoms with Crippen molar-refractivity contribution in [3.05, 3.63) is 0 Å². The summed E-state index contributed by atoms with van der Waals surface area (Å²) in [7, 11) is 0. The number of aliphatic hydroxyl groups excluding tert-OH is 3. The van der Waals surface area contributed by atoms with E-state index in [1.165, 1.54) is 6.92 Å². The Kier molecular flexibility index (Phi) is 5.48. The molecule has 0 saturated carbocycles. The minimum Gasteiger partial charge on any atom is -0.394 e. The molecule has 0 aromatic rings. The summed E-state index contributed by atoms with van der Waals surface area (Å²) in [6, 6.07) is -0.873. The molecule has 1 rings (SSSR count). The third-order valence-electron chi connectivity index (χ3n) is 2.66. The van der Waals surface area contributed by atoms with E-state index < -0.39 is 37.3 Å². The van der Waals surface area contributed by atoms with Crippen molar-refractivity contribution in [2.75, 3.05) is 6.61 Å². The number of hydrogen-bond donors (Lipinski definition) is 4. The molecule has 0 radical (unpaired) electrons. The first-order valence-electron chi connectivity index (χ1n) is 5.91. The van der Waals surface area contributed by atoms with Gasteiger partial charge in [-0.3, -0.25) is 4.79 Å². The maximum absolute atomic E-state index is 11.1. The van der Waals surface area contributed by atoms with Crippen LogP contribution in [0.25, 0.3) is 0 Å². The molecule has 106 valence electrons. The molecule has 0 spiro atoms. The Morgan fingerprint density at radius 3 is 2.44 bits per heavy atom. The van der Waals surface area contributed by atoms with Gasteiger partial charge in [0, 0.05) is 6.92 Å². The molecule has 1 saturated heterocycles. The van der Waals surface area contributed by atoms with E-state index >= 15 is 0 Å². The van der Waals surface area contributed by atoms with Crippen molar-refractivity contribution in [2.24, 2.45) is 0 Å². The van der Waals surface area contributed by atoms with Crippen LogP contribution in [-0.2, 0) is 14.3 Å². The zero-order valence-corrected chi connectivity index (χ0v) is 10.7. The predicted octanol–water partition coefficient (Wildman–Crippen LogP) is -1.64. The van der Waals surface area contributed by atoms with Crippen LogP contribution in [0.5, 0.6) is 0 Å². The second-order valence-electron chi connectivity index (χ2n) is 4.62. The fraction of sp³-hybridized carbons (Fsp3) is 0.909. The number of ether oxygens (including phenoxy) is 2. The number of carbonyl (C=O) groups is 1. The molecule has 5 atom stereocenters. The van der Waals surface area contributed by atoms with Crippen molar-refractivity contribution in [2.45, 2.75) is 57.5 Å². The molecule has 4 N–H and O–H groups in total. The van der Waals surface area contributed by atoms with Crippen LogP contribution in [0.3, 0.4) is 0 Å². The van der Waals surface area contributed by atoms with E-state index in [1.807, 2.05) is 0 Å². The van der Waals surface area contributed by atoms with Crippen LogP contribution in [0.4, 0.5) is 0 Å². The zero-order valence-electron chi connectivity index (χ0n) is 10.7. The Hall–Kier alpha value is -0.730. The van der Waals surface area contributed by atoms with Gasteiger partial charge >= 0.3 is 0 Å². The highest BCUT2D eigenvalue weighted by Gasteiger charge is 2.45. The molecule has 1 amide bonds. The van der Waals surface area contributed by atoms with Crippen LogP contribution < -0.4 is 5.32 Å². The molecule has 0 bridgehead atoms. The number of carbonyl (C=O) groups excluding carboxylic acids is 1. The smallest absolute Gasteiger partial charge is 0.217 e. The maximum Gasteiger partial charge on any atom is 0.217 e. The van der Waals surface area contributed by atoms with Crippen molar-refractivity contribution >= 4 is 5.91 Å². The van der Waals surface area contributed by atoms with Gasteiger partial charge < -0.3 is 30.1 Å². The van der Waals surface area contributed by atoms with Gasteiger partial charge in [-0.05, 0) is 13.8 Å². The molecule has 0 aliphatic carbocycles. The Balaban J connectivity index is 2.83. The first kappa shape index (κ1) is 15.3. The summed E-state index contributed by atoms with van der Waals surface area (Å²) < 4.78 is 10.8. The van der Waals surface area contributed by atoms with E-state index in [0.717, 1.165) is 0 Å². The van der Waals surface area contributed by atoms with Crippen molar-refractivity contribution in [1.29, 1.82) is 0 Å². The highest BCUT2D eigenvalue weighted by molar-refractivity contribution is 5.73. The van der Waals surface area contributed by atoms with E-state index in [2.05, 4.69) is 5.32 Å². The van der Waals surface area contributed by atoms with E-state index in [-0.39, 0.29) is 12.0 Å². The van der Waals surface area contributed by atoms with E-state index in [1.54, 1.807) is 13.8 Å². The van der Waals surface area contributed by atoms with E-state index in [0.29, 0.717) is 0 Å². The minimum atomic E-state index is -1.28. The second kappa shape index (κ2) is 6.44. The van der Waals surface area contributed by atoms with Gasteiger partial charge in [-0.1, -0.05) is 0 Å². The number of nitrogens with one attached hydrogen (secondary N) is 1. The third kappa shape index (κ3) is 3.63. The van der Waals surface area contributed by atoms with Crippen LogP contribution in [-0.4, -0.2) is 64.6 Å². The molecule has 0 aromatic carbocycles. The van der Waals surface area contributed by atoms with E-state index in [9.17, 15) is 15.0 Å². The summed E-state index contributed by atoms with van der Waals surface area (Å²) >= 11 is 0. The maximum atomic E-state index is 11.1. The lowest BCUT2D eigenvalue weighted by Gasteiger charge is -2.42. The highest BCUT2D eigenvalue weighted by Crippen LogP contribution is 2.22. The standard InChI is InChI=1S/C11H21NO6/c1-5(2)17-11-8(12-6(3)14)10(16)9(15)7(4-13)18-11/h5,7-11,13,15-16H,4H2,1-3H3,(H,12,14)/t7?,8?,9-,10?,11-/m1/s1. The van der Waals surface area contributed by atoms with Crippen molar-refractivity contribution < 1.29 is 29.6 Å². The van der Waals surface area contributed by atoms with Gasteiger partial charge in [0.05, 0.1) is 12.7 Å². The fourth-order valence-electron chi connectivity index (χ4n) is 1.85. The molecule has 3 unspecified atom stereocenters. The van der Waals surface area contributed by atoms with Crippen molar-refractivity contribution in [1.82, 2.24) is 5.32 Å². The number of amides is 1. The largest absolute Gasteiger partial charge is 0.394 e. The Morgan fingerprint density at radius 1 is 1.39 bits per heavy atom. The molecule has 7 nitrogen and oxygen atoms in total. The molecule has 1 aliphatic heterocycles. The Labute approximate surface area is 106 Å². The van der Waals surface area contributed by atoms with Crippen LogP contribution in [0, 0.1) is 0 Å².